The summed E-state index contributed by atoms with van der Waals surface area (Å²) in [6.45, 7) is 0. The van der Waals surface area contributed by atoms with E-state index in [-0.39, 0.29) is 11.3 Å². The minimum absolute atomic E-state index is 0.0773. The van der Waals surface area contributed by atoms with Gasteiger partial charge in [0.1, 0.15) is 11.3 Å². The highest BCUT2D eigenvalue weighted by molar-refractivity contribution is 7.19. The molecule has 32 heavy (non-hydrogen) atoms. The van der Waals surface area contributed by atoms with Crippen LogP contribution in [0.4, 0.5) is 24.5 Å². The maximum atomic E-state index is 13.6. The van der Waals surface area contributed by atoms with Crippen molar-refractivity contribution in [2.45, 2.75) is 6.18 Å². The molecule has 4 aromatic rings. The average Bonchev–Trinajstić information content (AvgIpc) is 3.42. The Morgan fingerprint density at radius 1 is 1.06 bits per heavy atom. The van der Waals surface area contributed by atoms with Gasteiger partial charge in [-0.15, -0.1) is 11.3 Å². The van der Waals surface area contributed by atoms with Crippen LogP contribution in [0.5, 0.6) is 0 Å². The van der Waals surface area contributed by atoms with Crippen molar-refractivity contribution in [3.05, 3.63) is 83.3 Å². The Labute approximate surface area is 183 Å². The SMILES string of the molecule is O=C(/C=C/c1nc2ccccc2s1)Nc1ccc(NC(=O)c2ccoc2)cc1C(F)(F)F. The van der Waals surface area contributed by atoms with E-state index >= 15 is 0 Å². The predicted octanol–water partition coefficient (Wildman–Crippen LogP) is 5.81. The highest BCUT2D eigenvalue weighted by atomic mass is 32.1. The maximum Gasteiger partial charge on any atom is 0.418 e. The number of aromatic nitrogens is 1. The van der Waals surface area contributed by atoms with E-state index in [1.54, 1.807) is 0 Å². The van der Waals surface area contributed by atoms with Crippen LogP contribution in [0.25, 0.3) is 16.3 Å². The first-order valence-electron chi connectivity index (χ1n) is 9.19. The number of nitrogens with one attached hydrogen (secondary N) is 2. The molecule has 2 aromatic heterocycles. The average molecular weight is 457 g/mol. The van der Waals surface area contributed by atoms with E-state index in [1.807, 2.05) is 24.3 Å². The molecule has 0 radical (unpaired) electrons. The summed E-state index contributed by atoms with van der Waals surface area (Å²) in [5.41, 5.74) is -0.672. The Balaban J connectivity index is 1.51. The molecular formula is C22H14F3N3O3S. The number of hydrogen-bond donors (Lipinski definition) is 2. The van der Waals surface area contributed by atoms with Crippen LogP contribution in [0.3, 0.4) is 0 Å². The smallest absolute Gasteiger partial charge is 0.418 e. The largest absolute Gasteiger partial charge is 0.472 e. The molecule has 0 aliphatic carbocycles. The number of anilines is 2. The third-order valence-electron chi connectivity index (χ3n) is 4.31. The van der Waals surface area contributed by atoms with Gasteiger partial charge in [0.2, 0.25) is 5.91 Å². The van der Waals surface area contributed by atoms with Gasteiger partial charge in [-0.05, 0) is 42.5 Å². The number of carbonyl (C=O) groups excluding carboxylic acids is 2. The maximum absolute atomic E-state index is 13.6. The van der Waals surface area contributed by atoms with E-state index < -0.39 is 29.2 Å². The van der Waals surface area contributed by atoms with E-state index in [1.165, 1.54) is 42.1 Å². The van der Waals surface area contributed by atoms with Crippen molar-refractivity contribution in [3.63, 3.8) is 0 Å². The van der Waals surface area contributed by atoms with Gasteiger partial charge >= 0.3 is 6.18 Å². The van der Waals surface area contributed by atoms with E-state index in [2.05, 4.69) is 15.6 Å². The topological polar surface area (TPSA) is 84.2 Å². The third kappa shape index (κ3) is 4.86. The summed E-state index contributed by atoms with van der Waals surface area (Å²) in [6.07, 6.45) is 0.248. The van der Waals surface area contributed by atoms with Gasteiger partial charge in [-0.25, -0.2) is 4.98 Å². The summed E-state index contributed by atoms with van der Waals surface area (Å²) in [7, 11) is 0. The minimum Gasteiger partial charge on any atom is -0.472 e. The fraction of sp³-hybridized carbons (Fsp3) is 0.0455. The van der Waals surface area contributed by atoms with Gasteiger partial charge in [-0.2, -0.15) is 13.2 Å². The number of thiazole rings is 1. The Morgan fingerprint density at radius 3 is 2.59 bits per heavy atom. The summed E-state index contributed by atoms with van der Waals surface area (Å²) in [5, 5.41) is 5.15. The molecule has 2 heterocycles. The highest BCUT2D eigenvalue weighted by Gasteiger charge is 2.34. The van der Waals surface area contributed by atoms with Crippen LogP contribution in [0.15, 0.2) is 71.6 Å². The lowest BCUT2D eigenvalue weighted by molar-refractivity contribution is -0.136. The Bertz CT molecular complexity index is 1280. The minimum atomic E-state index is -4.75. The quantitative estimate of drug-likeness (QED) is 0.370. The van der Waals surface area contributed by atoms with Crippen LogP contribution >= 0.6 is 11.3 Å². The first kappa shape index (κ1) is 21.3. The number of carbonyl (C=O) groups is 2. The Hall–Kier alpha value is -3.92. The molecule has 2 amide bonds. The molecule has 0 spiro atoms. The zero-order valence-corrected chi connectivity index (χ0v) is 17.0. The molecule has 4 rings (SSSR count). The number of amides is 2. The summed E-state index contributed by atoms with van der Waals surface area (Å²) in [6, 6.07) is 11.9. The van der Waals surface area contributed by atoms with E-state index in [0.29, 0.717) is 5.01 Å². The monoisotopic (exact) mass is 457 g/mol. The number of furan rings is 1. The zero-order chi connectivity index (χ0) is 22.7. The van der Waals surface area contributed by atoms with Crippen LogP contribution in [-0.2, 0) is 11.0 Å². The number of halogens is 3. The van der Waals surface area contributed by atoms with Gasteiger partial charge in [-0.1, -0.05) is 12.1 Å². The summed E-state index contributed by atoms with van der Waals surface area (Å²) in [4.78, 5) is 28.6. The number of nitrogens with zero attached hydrogens (tertiary/aromatic N) is 1. The fourth-order valence-corrected chi connectivity index (χ4v) is 3.72. The number of rotatable bonds is 5. The molecule has 0 saturated carbocycles. The molecule has 10 heteroatoms. The Kier molecular flexibility index (Phi) is 5.78. The molecule has 162 valence electrons. The van der Waals surface area contributed by atoms with Crippen molar-refractivity contribution in [2.75, 3.05) is 10.6 Å². The van der Waals surface area contributed by atoms with Gasteiger partial charge in [0.15, 0.2) is 0 Å². The molecule has 0 unspecified atom stereocenters. The summed E-state index contributed by atoms with van der Waals surface area (Å²) >= 11 is 1.35. The molecular weight excluding hydrogens is 443 g/mol. The first-order chi connectivity index (χ1) is 15.3. The van der Waals surface area contributed by atoms with Crippen LogP contribution in [0, 0.1) is 0 Å². The van der Waals surface area contributed by atoms with Crippen LogP contribution in [-0.4, -0.2) is 16.8 Å². The number of hydrogen-bond acceptors (Lipinski definition) is 5. The molecule has 0 atom stereocenters. The Morgan fingerprint density at radius 2 is 1.88 bits per heavy atom. The van der Waals surface area contributed by atoms with Gasteiger partial charge < -0.3 is 15.1 Å². The van der Waals surface area contributed by atoms with Gasteiger partial charge in [0.25, 0.3) is 5.91 Å². The lowest BCUT2D eigenvalue weighted by Gasteiger charge is -2.15. The van der Waals surface area contributed by atoms with Crippen molar-refractivity contribution in [1.29, 1.82) is 0 Å². The standard InChI is InChI=1S/C22H14F3N3O3S/c23-22(24,25)15-11-14(26-21(30)13-9-10-31-12-13)5-6-16(15)27-19(29)7-8-20-28-17-3-1-2-4-18(17)32-20/h1-12H,(H,26,30)(H,27,29)/b8-7+. The predicted molar refractivity (Wildman–Crippen MR) is 115 cm³/mol. The van der Waals surface area contributed by atoms with Crippen molar-refractivity contribution in [3.8, 4) is 0 Å². The highest BCUT2D eigenvalue weighted by Crippen LogP contribution is 2.36. The zero-order valence-electron chi connectivity index (χ0n) is 16.1. The van der Waals surface area contributed by atoms with Gasteiger partial charge in [0.05, 0.1) is 33.3 Å². The van der Waals surface area contributed by atoms with Crippen LogP contribution in [0.1, 0.15) is 20.9 Å². The summed E-state index contributed by atoms with van der Waals surface area (Å²) in [5.74, 6) is -1.37. The molecule has 2 N–H and O–H groups in total. The lowest BCUT2D eigenvalue weighted by atomic mass is 10.1. The third-order valence-corrected chi connectivity index (χ3v) is 5.31. The molecule has 2 aromatic carbocycles. The first-order valence-corrected chi connectivity index (χ1v) is 10.0. The van der Waals surface area contributed by atoms with Crippen LogP contribution in [0.2, 0.25) is 0 Å². The summed E-state index contributed by atoms with van der Waals surface area (Å²) < 4.78 is 46.4. The normalized spacial score (nSPS) is 11.7. The number of para-hydroxylation sites is 1. The van der Waals surface area contributed by atoms with E-state index in [9.17, 15) is 22.8 Å². The van der Waals surface area contributed by atoms with E-state index in [0.717, 1.165) is 28.4 Å². The number of fused-ring (bicyclic) bond motifs is 1. The van der Waals surface area contributed by atoms with Gasteiger partial charge in [-0.3, -0.25) is 9.59 Å². The molecule has 0 aliphatic rings. The second kappa shape index (κ2) is 8.67. The molecule has 0 saturated heterocycles. The van der Waals surface area contributed by atoms with Crippen molar-refractivity contribution in [2.24, 2.45) is 0 Å². The van der Waals surface area contributed by atoms with Gasteiger partial charge in [0, 0.05) is 11.8 Å². The lowest BCUT2D eigenvalue weighted by Crippen LogP contribution is -2.16. The number of alkyl halides is 3. The molecule has 6 nitrogen and oxygen atoms in total. The molecule has 0 aliphatic heterocycles. The molecule has 0 fully saturated rings. The second-order valence-electron chi connectivity index (χ2n) is 6.57. The van der Waals surface area contributed by atoms with Crippen molar-refractivity contribution >= 4 is 50.8 Å². The van der Waals surface area contributed by atoms with Crippen LogP contribution < -0.4 is 10.6 Å². The number of benzene rings is 2. The fourth-order valence-electron chi connectivity index (χ4n) is 2.85. The van der Waals surface area contributed by atoms with Crippen molar-refractivity contribution < 1.29 is 27.2 Å². The van der Waals surface area contributed by atoms with E-state index in [4.69, 9.17) is 4.42 Å². The molecule has 0 bridgehead atoms. The second-order valence-corrected chi connectivity index (χ2v) is 7.63. The van der Waals surface area contributed by atoms with Crippen molar-refractivity contribution in [1.82, 2.24) is 4.98 Å².